The molecule has 1 unspecified atom stereocenters. The fourth-order valence-corrected chi connectivity index (χ4v) is 1.34. The largest absolute Gasteiger partial charge is 0.391 e. The van der Waals surface area contributed by atoms with Gasteiger partial charge in [0, 0.05) is 31.0 Å². The lowest BCUT2D eigenvalue weighted by atomic mass is 10.2. The van der Waals surface area contributed by atoms with Crippen LogP contribution < -0.4 is 10.6 Å². The average molecular weight is 233 g/mol. The number of nitrogens with zero attached hydrogens (tertiary/aromatic N) is 1. The minimum absolute atomic E-state index is 0.615. The summed E-state index contributed by atoms with van der Waals surface area (Å²) in [5, 5.41) is 5.59. The third-order valence-corrected chi connectivity index (χ3v) is 1.97. The Morgan fingerprint density at radius 3 is 2.69 bits per heavy atom. The van der Waals surface area contributed by atoms with Crippen molar-refractivity contribution in [1.82, 2.24) is 4.98 Å². The lowest BCUT2D eigenvalue weighted by Gasteiger charge is -2.17. The molecule has 1 aromatic heterocycles. The molecule has 3 nitrogen and oxygen atoms in total. The highest BCUT2D eigenvalue weighted by atomic mass is 19.4. The highest BCUT2D eigenvalue weighted by molar-refractivity contribution is 5.51. The van der Waals surface area contributed by atoms with E-state index >= 15 is 0 Å². The summed E-state index contributed by atoms with van der Waals surface area (Å²) in [7, 11) is 1.70. The zero-order valence-electron chi connectivity index (χ0n) is 9.10. The Morgan fingerprint density at radius 1 is 1.44 bits per heavy atom. The fourth-order valence-electron chi connectivity index (χ4n) is 1.34. The maximum absolute atomic E-state index is 12.1. The molecule has 0 saturated heterocycles. The fraction of sp³-hybridized carbons (Fsp3) is 0.500. The van der Waals surface area contributed by atoms with Crippen molar-refractivity contribution >= 4 is 11.5 Å². The Labute approximate surface area is 92.1 Å². The number of nitrogens with one attached hydrogen (secondary N) is 2. The minimum atomic E-state index is -4.15. The van der Waals surface area contributed by atoms with Crippen LogP contribution in [0, 0.1) is 0 Å². The van der Waals surface area contributed by atoms with E-state index in [1.165, 1.54) is 13.1 Å². The molecule has 90 valence electrons. The van der Waals surface area contributed by atoms with Gasteiger partial charge < -0.3 is 10.6 Å². The maximum atomic E-state index is 12.1. The van der Waals surface area contributed by atoms with Crippen LogP contribution in [0.4, 0.5) is 24.7 Å². The van der Waals surface area contributed by atoms with Gasteiger partial charge in [0.2, 0.25) is 0 Å². The Kier molecular flexibility index (Phi) is 3.98. The van der Waals surface area contributed by atoms with Gasteiger partial charge in [-0.2, -0.15) is 13.2 Å². The molecule has 0 aliphatic rings. The first kappa shape index (κ1) is 12.6. The van der Waals surface area contributed by atoms with E-state index in [2.05, 4.69) is 15.6 Å². The van der Waals surface area contributed by atoms with E-state index in [9.17, 15) is 13.2 Å². The number of rotatable bonds is 4. The molecular formula is C10H14F3N3. The monoisotopic (exact) mass is 233 g/mol. The van der Waals surface area contributed by atoms with Crippen LogP contribution in [0.15, 0.2) is 18.3 Å². The van der Waals surface area contributed by atoms with Crippen molar-refractivity contribution in [2.75, 3.05) is 17.7 Å². The number of hydrogen-bond acceptors (Lipinski definition) is 3. The van der Waals surface area contributed by atoms with Gasteiger partial charge in [-0.05, 0) is 13.0 Å². The van der Waals surface area contributed by atoms with Crippen molar-refractivity contribution in [1.29, 1.82) is 0 Å². The molecule has 6 heteroatoms. The van der Waals surface area contributed by atoms with Crippen LogP contribution in [-0.4, -0.2) is 24.2 Å². The average Bonchev–Trinajstić information content (AvgIpc) is 2.15. The summed E-state index contributed by atoms with van der Waals surface area (Å²) in [4.78, 5) is 3.97. The summed E-state index contributed by atoms with van der Waals surface area (Å²) in [5.41, 5.74) is 0.621. The smallest absolute Gasteiger partial charge is 0.382 e. The van der Waals surface area contributed by atoms with Crippen molar-refractivity contribution in [2.24, 2.45) is 0 Å². The minimum Gasteiger partial charge on any atom is -0.382 e. The second-order valence-electron chi connectivity index (χ2n) is 3.54. The molecule has 16 heavy (non-hydrogen) atoms. The topological polar surface area (TPSA) is 37.0 Å². The molecule has 0 amide bonds. The molecule has 1 heterocycles. The number of pyridine rings is 1. The summed E-state index contributed by atoms with van der Waals surface area (Å²) >= 11 is 0. The molecule has 0 fully saturated rings. The summed E-state index contributed by atoms with van der Waals surface area (Å²) in [5.74, 6) is 0.615. The number of anilines is 2. The second-order valence-corrected chi connectivity index (χ2v) is 3.54. The van der Waals surface area contributed by atoms with Crippen molar-refractivity contribution < 1.29 is 13.2 Å². The van der Waals surface area contributed by atoms with Gasteiger partial charge in [-0.3, -0.25) is 0 Å². The Bertz CT molecular complexity index is 338. The maximum Gasteiger partial charge on any atom is 0.391 e. The van der Waals surface area contributed by atoms with Crippen LogP contribution >= 0.6 is 0 Å². The molecule has 0 aromatic carbocycles. The van der Waals surface area contributed by atoms with Crippen LogP contribution in [-0.2, 0) is 0 Å². The van der Waals surface area contributed by atoms with E-state index in [0.717, 1.165) is 0 Å². The molecule has 0 spiro atoms. The van der Waals surface area contributed by atoms with Crippen molar-refractivity contribution in [3.05, 3.63) is 18.3 Å². The zero-order chi connectivity index (χ0) is 12.2. The first-order valence-electron chi connectivity index (χ1n) is 4.88. The van der Waals surface area contributed by atoms with Gasteiger partial charge in [0.1, 0.15) is 5.82 Å². The summed E-state index contributed by atoms with van der Waals surface area (Å²) in [6, 6.07) is 2.63. The lowest BCUT2D eigenvalue weighted by molar-refractivity contribution is -0.136. The van der Waals surface area contributed by atoms with Crippen LogP contribution in [0.25, 0.3) is 0 Å². The predicted molar refractivity (Wildman–Crippen MR) is 57.5 cm³/mol. The number of hydrogen-bond donors (Lipinski definition) is 2. The molecular weight excluding hydrogens is 219 g/mol. The molecule has 1 atom stereocenters. The third-order valence-electron chi connectivity index (χ3n) is 1.97. The van der Waals surface area contributed by atoms with E-state index in [-0.39, 0.29) is 0 Å². The molecule has 0 radical (unpaired) electrons. The van der Waals surface area contributed by atoms with Crippen molar-refractivity contribution in [2.45, 2.75) is 25.6 Å². The van der Waals surface area contributed by atoms with Crippen molar-refractivity contribution in [3.8, 4) is 0 Å². The molecule has 1 aromatic rings. The lowest BCUT2D eigenvalue weighted by Crippen LogP contribution is -2.23. The third kappa shape index (κ3) is 4.37. The predicted octanol–water partition coefficient (Wildman–Crippen LogP) is 2.88. The van der Waals surface area contributed by atoms with Gasteiger partial charge >= 0.3 is 6.18 Å². The van der Waals surface area contributed by atoms with Crippen molar-refractivity contribution in [3.63, 3.8) is 0 Å². The molecule has 0 aliphatic carbocycles. The molecule has 0 aliphatic heterocycles. The standard InChI is InChI=1S/C10H14F3N3/c1-7(6-10(11,12)13)16-8-3-4-15-9(5-8)14-2/h3-5,7H,6H2,1-2H3,(H2,14,15,16). The first-order valence-corrected chi connectivity index (χ1v) is 4.88. The molecule has 1 rings (SSSR count). The number of aromatic nitrogens is 1. The SMILES string of the molecule is CNc1cc(NC(C)CC(F)(F)F)ccn1. The Morgan fingerprint density at radius 2 is 2.12 bits per heavy atom. The van der Waals surface area contributed by atoms with E-state index in [4.69, 9.17) is 0 Å². The van der Waals surface area contributed by atoms with Crippen LogP contribution in [0.5, 0.6) is 0 Å². The van der Waals surface area contributed by atoms with Gasteiger partial charge in [-0.15, -0.1) is 0 Å². The molecule has 0 bridgehead atoms. The number of halogens is 3. The summed E-state index contributed by atoms with van der Waals surface area (Å²) < 4.78 is 36.3. The van der Waals surface area contributed by atoms with E-state index < -0.39 is 18.6 Å². The van der Waals surface area contributed by atoms with Gasteiger partial charge in [0.05, 0.1) is 6.42 Å². The number of alkyl halides is 3. The van der Waals surface area contributed by atoms with E-state index in [0.29, 0.717) is 11.5 Å². The van der Waals surface area contributed by atoms with Gasteiger partial charge in [-0.1, -0.05) is 0 Å². The van der Waals surface area contributed by atoms with E-state index in [1.54, 1.807) is 19.2 Å². The van der Waals surface area contributed by atoms with Crippen LogP contribution in [0.3, 0.4) is 0 Å². The molecule has 2 N–H and O–H groups in total. The highest BCUT2D eigenvalue weighted by Crippen LogP contribution is 2.23. The zero-order valence-corrected chi connectivity index (χ0v) is 9.10. The Hall–Kier alpha value is -1.46. The summed E-state index contributed by atoms with van der Waals surface area (Å²) in [6.45, 7) is 1.49. The quantitative estimate of drug-likeness (QED) is 0.839. The Balaban J connectivity index is 2.59. The van der Waals surface area contributed by atoms with E-state index in [1.807, 2.05) is 0 Å². The van der Waals surface area contributed by atoms with Gasteiger partial charge in [-0.25, -0.2) is 4.98 Å². The normalized spacial score (nSPS) is 13.3. The van der Waals surface area contributed by atoms with Gasteiger partial charge in [0.15, 0.2) is 0 Å². The van der Waals surface area contributed by atoms with Crippen LogP contribution in [0.2, 0.25) is 0 Å². The first-order chi connectivity index (χ1) is 7.40. The van der Waals surface area contributed by atoms with Gasteiger partial charge in [0.25, 0.3) is 0 Å². The molecule has 0 saturated carbocycles. The summed E-state index contributed by atoms with van der Waals surface area (Å²) in [6.07, 6.45) is -3.47. The highest BCUT2D eigenvalue weighted by Gasteiger charge is 2.29. The second kappa shape index (κ2) is 5.05. The van der Waals surface area contributed by atoms with Crippen LogP contribution in [0.1, 0.15) is 13.3 Å².